The summed E-state index contributed by atoms with van der Waals surface area (Å²) in [5, 5.41) is 19.0. The third kappa shape index (κ3) is 3.68. The van der Waals surface area contributed by atoms with E-state index in [1.807, 2.05) is 29.8 Å². The summed E-state index contributed by atoms with van der Waals surface area (Å²) in [6.07, 6.45) is 0. The third-order valence-corrected chi connectivity index (χ3v) is 4.61. The van der Waals surface area contributed by atoms with Gasteiger partial charge in [-0.3, -0.25) is 4.79 Å². The van der Waals surface area contributed by atoms with Crippen LogP contribution in [0.5, 0.6) is 0 Å². The SMILES string of the molecule is Cc1ccc([C@H](C)NC(=O)Cn2nnc(-c3ccsc3)n2)cc1C. The Kier molecular flexibility index (Phi) is 4.71. The van der Waals surface area contributed by atoms with Crippen molar-refractivity contribution in [1.29, 1.82) is 0 Å². The minimum Gasteiger partial charge on any atom is -0.348 e. The minimum atomic E-state index is -0.144. The van der Waals surface area contributed by atoms with Gasteiger partial charge in [0.1, 0.15) is 6.54 Å². The van der Waals surface area contributed by atoms with Crippen LogP contribution in [0.25, 0.3) is 11.4 Å². The van der Waals surface area contributed by atoms with Crippen LogP contribution in [0.3, 0.4) is 0 Å². The van der Waals surface area contributed by atoms with E-state index in [0.717, 1.165) is 11.1 Å². The molecule has 0 spiro atoms. The molecule has 3 aromatic rings. The lowest BCUT2D eigenvalue weighted by Gasteiger charge is -2.15. The summed E-state index contributed by atoms with van der Waals surface area (Å²) in [6, 6.07) is 8.06. The number of hydrogen-bond donors (Lipinski definition) is 1. The van der Waals surface area contributed by atoms with Crippen LogP contribution >= 0.6 is 11.3 Å². The Hall–Kier alpha value is -2.54. The second-order valence-electron chi connectivity index (χ2n) is 5.79. The second-order valence-corrected chi connectivity index (χ2v) is 6.57. The van der Waals surface area contributed by atoms with Crippen LogP contribution in [0.2, 0.25) is 0 Å². The molecule has 0 fully saturated rings. The molecule has 0 saturated carbocycles. The van der Waals surface area contributed by atoms with E-state index in [4.69, 9.17) is 0 Å². The molecule has 24 heavy (non-hydrogen) atoms. The molecular weight excluding hydrogens is 322 g/mol. The number of hydrogen-bond acceptors (Lipinski definition) is 5. The van der Waals surface area contributed by atoms with Gasteiger partial charge in [0.25, 0.3) is 0 Å². The number of carbonyl (C=O) groups excluding carboxylic acids is 1. The molecule has 6 nitrogen and oxygen atoms in total. The fourth-order valence-electron chi connectivity index (χ4n) is 2.35. The molecular formula is C17H19N5OS. The van der Waals surface area contributed by atoms with Crippen molar-refractivity contribution >= 4 is 17.2 Å². The van der Waals surface area contributed by atoms with Crippen molar-refractivity contribution in [2.75, 3.05) is 0 Å². The first-order valence-electron chi connectivity index (χ1n) is 7.70. The topological polar surface area (TPSA) is 72.7 Å². The quantitative estimate of drug-likeness (QED) is 0.774. The third-order valence-electron chi connectivity index (χ3n) is 3.93. The van der Waals surface area contributed by atoms with E-state index in [0.29, 0.717) is 5.82 Å². The van der Waals surface area contributed by atoms with Crippen molar-refractivity contribution in [3.05, 3.63) is 51.7 Å². The van der Waals surface area contributed by atoms with Crippen LogP contribution in [0.15, 0.2) is 35.0 Å². The van der Waals surface area contributed by atoms with Gasteiger partial charge in [-0.2, -0.15) is 16.1 Å². The number of amides is 1. The molecule has 0 aliphatic heterocycles. The number of thiophene rings is 1. The molecule has 1 N–H and O–H groups in total. The Bertz CT molecular complexity index is 841. The normalized spacial score (nSPS) is 12.1. The van der Waals surface area contributed by atoms with Gasteiger partial charge in [0.2, 0.25) is 11.7 Å². The molecule has 3 rings (SSSR count). The van der Waals surface area contributed by atoms with E-state index in [2.05, 4.69) is 46.7 Å². The molecule has 0 bridgehead atoms. The molecule has 0 saturated heterocycles. The highest BCUT2D eigenvalue weighted by molar-refractivity contribution is 7.08. The highest BCUT2D eigenvalue weighted by Gasteiger charge is 2.13. The molecule has 0 aliphatic rings. The molecule has 7 heteroatoms. The van der Waals surface area contributed by atoms with Gasteiger partial charge in [0.15, 0.2) is 0 Å². The number of nitrogens with zero attached hydrogens (tertiary/aromatic N) is 4. The van der Waals surface area contributed by atoms with E-state index < -0.39 is 0 Å². The predicted octanol–water partition coefficient (Wildman–Crippen LogP) is 2.90. The van der Waals surface area contributed by atoms with Crippen LogP contribution in [0.4, 0.5) is 0 Å². The van der Waals surface area contributed by atoms with Crippen LogP contribution < -0.4 is 5.32 Å². The molecule has 0 radical (unpaired) electrons. The lowest BCUT2D eigenvalue weighted by Crippen LogP contribution is -2.30. The van der Waals surface area contributed by atoms with Gasteiger partial charge in [-0.25, -0.2) is 0 Å². The first-order chi connectivity index (χ1) is 11.5. The zero-order valence-electron chi connectivity index (χ0n) is 13.9. The van der Waals surface area contributed by atoms with Gasteiger partial charge in [-0.1, -0.05) is 18.2 Å². The van der Waals surface area contributed by atoms with Gasteiger partial charge >= 0.3 is 0 Å². The van der Waals surface area contributed by atoms with Crippen molar-refractivity contribution in [3.8, 4) is 11.4 Å². The zero-order valence-corrected chi connectivity index (χ0v) is 14.7. The Labute approximate surface area is 144 Å². The number of rotatable bonds is 5. The average molecular weight is 341 g/mol. The lowest BCUT2D eigenvalue weighted by molar-refractivity contribution is -0.122. The Morgan fingerprint density at radius 1 is 1.29 bits per heavy atom. The smallest absolute Gasteiger partial charge is 0.244 e. The number of tetrazole rings is 1. The maximum Gasteiger partial charge on any atom is 0.244 e. The largest absolute Gasteiger partial charge is 0.348 e. The molecule has 1 aromatic carbocycles. The summed E-state index contributed by atoms with van der Waals surface area (Å²) in [4.78, 5) is 13.5. The van der Waals surface area contributed by atoms with E-state index in [1.165, 1.54) is 15.9 Å². The van der Waals surface area contributed by atoms with E-state index in [1.54, 1.807) is 11.3 Å². The fourth-order valence-corrected chi connectivity index (χ4v) is 2.98. The Morgan fingerprint density at radius 3 is 2.83 bits per heavy atom. The number of aromatic nitrogens is 4. The van der Waals surface area contributed by atoms with Gasteiger partial charge in [0, 0.05) is 10.9 Å². The highest BCUT2D eigenvalue weighted by Crippen LogP contribution is 2.17. The summed E-state index contributed by atoms with van der Waals surface area (Å²) in [5.74, 6) is 0.390. The van der Waals surface area contributed by atoms with Crippen molar-refractivity contribution < 1.29 is 4.79 Å². The first kappa shape index (κ1) is 16.3. The fraction of sp³-hybridized carbons (Fsp3) is 0.294. The lowest BCUT2D eigenvalue weighted by atomic mass is 10.0. The van der Waals surface area contributed by atoms with Crippen molar-refractivity contribution in [1.82, 2.24) is 25.5 Å². The summed E-state index contributed by atoms with van der Waals surface area (Å²) in [5.41, 5.74) is 4.45. The zero-order chi connectivity index (χ0) is 17.1. The predicted molar refractivity (Wildman–Crippen MR) is 93.6 cm³/mol. The molecule has 1 amide bonds. The monoisotopic (exact) mass is 341 g/mol. The van der Waals surface area contributed by atoms with Crippen molar-refractivity contribution in [3.63, 3.8) is 0 Å². The summed E-state index contributed by atoms with van der Waals surface area (Å²) >= 11 is 1.57. The number of aryl methyl sites for hydroxylation is 2. The standard InChI is InChI=1S/C17H19N5OS/c1-11-4-5-14(8-12(11)2)13(3)18-16(23)9-22-20-17(19-21-22)15-6-7-24-10-15/h4-8,10,13H,9H2,1-3H3,(H,18,23)/t13-/m0/s1. The van der Waals surface area contributed by atoms with E-state index in [-0.39, 0.29) is 18.5 Å². The average Bonchev–Trinajstić information content (AvgIpc) is 3.20. The number of nitrogens with one attached hydrogen (secondary N) is 1. The molecule has 0 aliphatic carbocycles. The van der Waals surface area contributed by atoms with Crippen LogP contribution in [-0.2, 0) is 11.3 Å². The minimum absolute atomic E-state index is 0.0479. The van der Waals surface area contributed by atoms with Crippen molar-refractivity contribution in [2.24, 2.45) is 0 Å². The maximum absolute atomic E-state index is 12.2. The molecule has 0 unspecified atom stereocenters. The Balaban J connectivity index is 1.62. The maximum atomic E-state index is 12.2. The molecule has 1 atom stereocenters. The van der Waals surface area contributed by atoms with Gasteiger partial charge in [-0.15, -0.1) is 10.2 Å². The Morgan fingerprint density at radius 2 is 2.12 bits per heavy atom. The number of carbonyl (C=O) groups is 1. The summed E-state index contributed by atoms with van der Waals surface area (Å²) in [7, 11) is 0. The molecule has 124 valence electrons. The van der Waals surface area contributed by atoms with Gasteiger partial charge < -0.3 is 5.32 Å². The van der Waals surface area contributed by atoms with Crippen LogP contribution in [-0.4, -0.2) is 26.1 Å². The molecule has 2 heterocycles. The number of benzene rings is 1. The van der Waals surface area contributed by atoms with Gasteiger partial charge in [0.05, 0.1) is 6.04 Å². The second kappa shape index (κ2) is 6.92. The van der Waals surface area contributed by atoms with Crippen LogP contribution in [0.1, 0.15) is 29.7 Å². The van der Waals surface area contributed by atoms with Gasteiger partial charge in [-0.05, 0) is 54.1 Å². The van der Waals surface area contributed by atoms with Crippen molar-refractivity contribution in [2.45, 2.75) is 33.4 Å². The molecule has 2 aromatic heterocycles. The van der Waals surface area contributed by atoms with Crippen LogP contribution in [0, 0.1) is 13.8 Å². The summed E-state index contributed by atoms with van der Waals surface area (Å²) in [6.45, 7) is 6.16. The highest BCUT2D eigenvalue weighted by atomic mass is 32.1. The summed E-state index contributed by atoms with van der Waals surface area (Å²) < 4.78 is 0. The van der Waals surface area contributed by atoms with E-state index in [9.17, 15) is 4.79 Å². The van der Waals surface area contributed by atoms with E-state index >= 15 is 0 Å². The first-order valence-corrected chi connectivity index (χ1v) is 8.64.